The molecular weight excluding hydrogens is 342 g/mol. The summed E-state index contributed by atoms with van der Waals surface area (Å²) in [4.78, 5) is 21.2. The van der Waals surface area contributed by atoms with Crippen LogP contribution in [-0.2, 0) is 11.3 Å². The summed E-state index contributed by atoms with van der Waals surface area (Å²) >= 11 is 0. The van der Waals surface area contributed by atoms with E-state index in [-0.39, 0.29) is 5.91 Å². The van der Waals surface area contributed by atoms with Gasteiger partial charge in [-0.15, -0.1) is 0 Å². The number of nitrogens with one attached hydrogen (secondary N) is 1. The van der Waals surface area contributed by atoms with Gasteiger partial charge in [0.2, 0.25) is 17.6 Å². The van der Waals surface area contributed by atoms with E-state index in [0.29, 0.717) is 30.7 Å². The Kier molecular flexibility index (Phi) is 5.50. The summed E-state index contributed by atoms with van der Waals surface area (Å²) in [5, 5.41) is 7.50. The molecule has 1 N–H and O–H groups in total. The highest BCUT2D eigenvalue weighted by Gasteiger charge is 2.25. The van der Waals surface area contributed by atoms with Crippen molar-refractivity contribution in [2.75, 3.05) is 32.7 Å². The topological polar surface area (TPSA) is 74.5 Å². The van der Waals surface area contributed by atoms with Gasteiger partial charge in [-0.2, -0.15) is 4.98 Å². The summed E-state index contributed by atoms with van der Waals surface area (Å²) in [6, 6.07) is 8.47. The highest BCUT2D eigenvalue weighted by Crippen LogP contribution is 2.18. The van der Waals surface area contributed by atoms with Gasteiger partial charge in [0, 0.05) is 44.2 Å². The molecule has 27 heavy (non-hydrogen) atoms. The van der Waals surface area contributed by atoms with E-state index in [4.69, 9.17) is 4.52 Å². The van der Waals surface area contributed by atoms with Gasteiger partial charge >= 0.3 is 0 Å². The highest BCUT2D eigenvalue weighted by molar-refractivity contribution is 5.77. The standard InChI is InChI=1S/C20H27N5O2/c1-15-4-6-16(7-5-15)20-22-18(27-23-20)14-24-9-11-25(12-10-24)19(26)13-17-3-2-8-21-17/h4-7,17,21H,2-3,8-14H2,1H3. The molecule has 1 atom stereocenters. The molecule has 0 radical (unpaired) electrons. The van der Waals surface area contributed by atoms with E-state index in [9.17, 15) is 4.79 Å². The van der Waals surface area contributed by atoms with Crippen LogP contribution in [0.25, 0.3) is 11.4 Å². The smallest absolute Gasteiger partial charge is 0.241 e. The molecule has 4 rings (SSSR count). The highest BCUT2D eigenvalue weighted by atomic mass is 16.5. The molecule has 2 fully saturated rings. The van der Waals surface area contributed by atoms with E-state index in [1.54, 1.807) is 0 Å². The van der Waals surface area contributed by atoms with Crippen LogP contribution in [-0.4, -0.2) is 64.6 Å². The number of rotatable bonds is 5. The van der Waals surface area contributed by atoms with Crippen molar-refractivity contribution in [3.05, 3.63) is 35.7 Å². The first kappa shape index (κ1) is 18.1. The average molecular weight is 369 g/mol. The van der Waals surface area contributed by atoms with Crippen LogP contribution in [0.1, 0.15) is 30.7 Å². The van der Waals surface area contributed by atoms with Gasteiger partial charge in [-0.05, 0) is 26.3 Å². The first-order valence-electron chi connectivity index (χ1n) is 9.80. The molecule has 7 heteroatoms. The fourth-order valence-corrected chi connectivity index (χ4v) is 3.76. The van der Waals surface area contributed by atoms with E-state index >= 15 is 0 Å². The third kappa shape index (κ3) is 4.54. The normalized spacial score (nSPS) is 20.9. The zero-order chi connectivity index (χ0) is 18.6. The predicted octanol–water partition coefficient (Wildman–Crippen LogP) is 1.83. The molecule has 3 heterocycles. The van der Waals surface area contributed by atoms with Crippen LogP contribution in [0.5, 0.6) is 0 Å². The fourth-order valence-electron chi connectivity index (χ4n) is 3.76. The van der Waals surface area contributed by atoms with Crippen LogP contribution in [0.2, 0.25) is 0 Å². The van der Waals surface area contributed by atoms with Gasteiger partial charge in [0.1, 0.15) is 0 Å². The first-order valence-corrected chi connectivity index (χ1v) is 9.80. The molecule has 0 aliphatic carbocycles. The maximum absolute atomic E-state index is 12.4. The molecule has 0 bridgehead atoms. The average Bonchev–Trinajstić information content (AvgIpc) is 3.35. The lowest BCUT2D eigenvalue weighted by atomic mass is 10.1. The van der Waals surface area contributed by atoms with Crippen molar-refractivity contribution in [1.29, 1.82) is 0 Å². The maximum Gasteiger partial charge on any atom is 0.241 e. The van der Waals surface area contributed by atoms with Crippen molar-refractivity contribution in [3.63, 3.8) is 0 Å². The van der Waals surface area contributed by atoms with Crippen LogP contribution in [0.4, 0.5) is 0 Å². The Morgan fingerprint density at radius 2 is 2.00 bits per heavy atom. The van der Waals surface area contributed by atoms with Crippen molar-refractivity contribution >= 4 is 5.91 Å². The number of aromatic nitrogens is 2. The lowest BCUT2D eigenvalue weighted by molar-refractivity contribution is -0.133. The second kappa shape index (κ2) is 8.19. The molecule has 2 aromatic rings. The van der Waals surface area contributed by atoms with Crippen LogP contribution >= 0.6 is 0 Å². The minimum Gasteiger partial charge on any atom is -0.340 e. The number of benzene rings is 1. The number of piperazine rings is 1. The van der Waals surface area contributed by atoms with Crippen molar-refractivity contribution in [1.82, 2.24) is 25.3 Å². The minimum atomic E-state index is 0.272. The van der Waals surface area contributed by atoms with Crippen LogP contribution in [0, 0.1) is 6.92 Å². The molecule has 2 aliphatic rings. The van der Waals surface area contributed by atoms with Crippen molar-refractivity contribution < 1.29 is 9.32 Å². The number of amides is 1. The second-order valence-electron chi connectivity index (χ2n) is 7.53. The van der Waals surface area contributed by atoms with Gasteiger partial charge in [0.25, 0.3) is 0 Å². The summed E-state index contributed by atoms with van der Waals surface area (Å²) in [5.41, 5.74) is 2.17. The summed E-state index contributed by atoms with van der Waals surface area (Å²) in [5.74, 6) is 1.52. The molecule has 7 nitrogen and oxygen atoms in total. The maximum atomic E-state index is 12.4. The molecule has 1 unspecified atom stereocenters. The van der Waals surface area contributed by atoms with Gasteiger partial charge in [0.15, 0.2) is 0 Å². The number of aryl methyl sites for hydroxylation is 1. The molecule has 1 aromatic heterocycles. The van der Waals surface area contributed by atoms with E-state index in [0.717, 1.165) is 44.7 Å². The number of hydrogen-bond donors (Lipinski definition) is 1. The zero-order valence-electron chi connectivity index (χ0n) is 15.9. The number of carbonyl (C=O) groups excluding carboxylic acids is 1. The largest absolute Gasteiger partial charge is 0.340 e. The molecule has 1 aromatic carbocycles. The molecule has 2 aliphatic heterocycles. The van der Waals surface area contributed by atoms with Crippen LogP contribution in [0.3, 0.4) is 0 Å². The SMILES string of the molecule is Cc1ccc(-c2noc(CN3CCN(C(=O)CC4CCCN4)CC3)n2)cc1. The monoisotopic (exact) mass is 369 g/mol. The number of carbonyl (C=O) groups is 1. The van der Waals surface area contributed by atoms with Crippen molar-refractivity contribution in [2.24, 2.45) is 0 Å². The van der Waals surface area contributed by atoms with E-state index < -0.39 is 0 Å². The summed E-state index contributed by atoms with van der Waals surface area (Å²) < 4.78 is 5.42. The van der Waals surface area contributed by atoms with Gasteiger partial charge < -0.3 is 14.7 Å². The molecule has 0 saturated carbocycles. The lowest BCUT2D eigenvalue weighted by Crippen LogP contribution is -2.49. The molecule has 0 spiro atoms. The molecule has 144 valence electrons. The second-order valence-corrected chi connectivity index (χ2v) is 7.53. The van der Waals surface area contributed by atoms with Crippen LogP contribution in [0.15, 0.2) is 28.8 Å². The summed E-state index contributed by atoms with van der Waals surface area (Å²) in [6.07, 6.45) is 2.93. The Labute approximate surface area is 159 Å². The van der Waals surface area contributed by atoms with Crippen molar-refractivity contribution in [3.8, 4) is 11.4 Å². The van der Waals surface area contributed by atoms with E-state index in [1.165, 1.54) is 12.0 Å². The Bertz CT molecular complexity index is 759. The molecular formula is C20H27N5O2. The summed E-state index contributed by atoms with van der Waals surface area (Å²) in [7, 11) is 0. The van der Waals surface area contributed by atoms with Crippen LogP contribution < -0.4 is 5.32 Å². The van der Waals surface area contributed by atoms with E-state index in [1.807, 2.05) is 29.2 Å². The Balaban J connectivity index is 1.27. The Morgan fingerprint density at radius 3 is 2.70 bits per heavy atom. The molecule has 2 saturated heterocycles. The quantitative estimate of drug-likeness (QED) is 0.867. The van der Waals surface area contributed by atoms with Crippen molar-refractivity contribution in [2.45, 2.75) is 38.8 Å². The van der Waals surface area contributed by atoms with Gasteiger partial charge in [-0.1, -0.05) is 35.0 Å². The minimum absolute atomic E-state index is 0.272. The Morgan fingerprint density at radius 1 is 1.22 bits per heavy atom. The number of hydrogen-bond acceptors (Lipinski definition) is 6. The van der Waals surface area contributed by atoms with E-state index in [2.05, 4.69) is 27.3 Å². The van der Waals surface area contributed by atoms with Gasteiger partial charge in [-0.3, -0.25) is 9.69 Å². The third-order valence-corrected chi connectivity index (χ3v) is 5.45. The van der Waals surface area contributed by atoms with Gasteiger partial charge in [0.05, 0.1) is 6.54 Å². The van der Waals surface area contributed by atoms with Gasteiger partial charge in [-0.25, -0.2) is 0 Å². The molecule has 1 amide bonds. The number of nitrogens with zero attached hydrogens (tertiary/aromatic N) is 4. The fraction of sp³-hybridized carbons (Fsp3) is 0.550. The first-order chi connectivity index (χ1) is 13.2. The Hall–Kier alpha value is -2.25. The predicted molar refractivity (Wildman–Crippen MR) is 102 cm³/mol. The lowest BCUT2D eigenvalue weighted by Gasteiger charge is -2.34. The zero-order valence-corrected chi connectivity index (χ0v) is 15.9. The third-order valence-electron chi connectivity index (χ3n) is 5.45. The summed E-state index contributed by atoms with van der Waals surface area (Å²) in [6.45, 7) is 6.94.